The van der Waals surface area contributed by atoms with Crippen LogP contribution in [-0.2, 0) is 16.6 Å². The van der Waals surface area contributed by atoms with Crippen LogP contribution in [0.2, 0.25) is 0 Å². The number of halogens is 1. The molecule has 0 saturated heterocycles. The highest BCUT2D eigenvalue weighted by Gasteiger charge is 2.15. The van der Waals surface area contributed by atoms with Crippen molar-refractivity contribution in [2.45, 2.75) is 11.4 Å². The first-order valence-corrected chi connectivity index (χ1v) is 8.74. The fourth-order valence-corrected chi connectivity index (χ4v) is 3.33. The molecule has 0 saturated carbocycles. The average molecular weight is 356 g/mol. The van der Waals surface area contributed by atoms with Gasteiger partial charge in [-0.2, -0.15) is 5.26 Å². The summed E-state index contributed by atoms with van der Waals surface area (Å²) in [7, 11) is -3.80. The van der Waals surface area contributed by atoms with Crippen LogP contribution in [-0.4, -0.2) is 18.0 Å². The van der Waals surface area contributed by atoms with Gasteiger partial charge in [0.05, 0.1) is 28.5 Å². The highest BCUT2D eigenvalue weighted by molar-refractivity contribution is 7.89. The number of hydrogen-bond donors (Lipinski definition) is 1. The minimum Gasteiger partial charge on any atom is -0.303 e. The second kappa shape index (κ2) is 6.84. The Morgan fingerprint density at radius 2 is 2.08 bits per heavy atom. The second-order valence-electron chi connectivity index (χ2n) is 5.22. The number of nitrogens with one attached hydrogen (secondary N) is 1. The van der Waals surface area contributed by atoms with E-state index >= 15 is 0 Å². The second-order valence-corrected chi connectivity index (χ2v) is 6.99. The number of nitriles is 1. The lowest BCUT2D eigenvalue weighted by atomic mass is 10.2. The van der Waals surface area contributed by atoms with Gasteiger partial charge in [0.2, 0.25) is 10.0 Å². The summed E-state index contributed by atoms with van der Waals surface area (Å²) in [6, 6.07) is 12.0. The van der Waals surface area contributed by atoms with Crippen molar-refractivity contribution in [2.24, 2.45) is 0 Å². The van der Waals surface area contributed by atoms with E-state index in [4.69, 9.17) is 5.26 Å². The van der Waals surface area contributed by atoms with Gasteiger partial charge in [-0.3, -0.25) is 0 Å². The average Bonchev–Trinajstić information content (AvgIpc) is 3.14. The quantitative estimate of drug-likeness (QED) is 0.760. The molecule has 0 radical (unpaired) electrons. The van der Waals surface area contributed by atoms with Crippen molar-refractivity contribution in [3.8, 4) is 11.8 Å². The smallest absolute Gasteiger partial charge is 0.240 e. The molecule has 2 aromatic carbocycles. The minimum atomic E-state index is -3.80. The van der Waals surface area contributed by atoms with Gasteiger partial charge in [0.1, 0.15) is 5.82 Å². The Kier molecular flexibility index (Phi) is 4.61. The molecule has 3 aromatic rings. The highest BCUT2D eigenvalue weighted by atomic mass is 32.2. The van der Waals surface area contributed by atoms with Crippen molar-refractivity contribution in [2.75, 3.05) is 0 Å². The van der Waals surface area contributed by atoms with E-state index < -0.39 is 15.8 Å². The molecule has 126 valence electrons. The summed E-state index contributed by atoms with van der Waals surface area (Å²) in [6.07, 6.45) is 4.63. The normalized spacial score (nSPS) is 11.2. The molecule has 0 amide bonds. The van der Waals surface area contributed by atoms with E-state index in [1.807, 2.05) is 6.07 Å². The molecule has 0 fully saturated rings. The van der Waals surface area contributed by atoms with Crippen LogP contribution < -0.4 is 4.72 Å². The minimum absolute atomic E-state index is 0.0120. The standard InChI is InChI=1S/C17H13FN4O2S/c18-16-9-14(4-5-17(16)22-7-6-20-12-22)11-21-25(23,24)15-3-1-2-13(8-15)10-19/h1-9,12,21H,11H2. The van der Waals surface area contributed by atoms with E-state index in [1.165, 1.54) is 47.4 Å². The SMILES string of the molecule is N#Cc1cccc(S(=O)(=O)NCc2ccc(-n3ccnc3)c(F)c2)c1. The predicted molar refractivity (Wildman–Crippen MR) is 88.7 cm³/mol. The lowest BCUT2D eigenvalue weighted by Crippen LogP contribution is -2.23. The molecule has 1 N–H and O–H groups in total. The zero-order chi connectivity index (χ0) is 17.9. The van der Waals surface area contributed by atoms with Gasteiger partial charge in [-0.25, -0.2) is 22.5 Å². The summed E-state index contributed by atoms with van der Waals surface area (Å²) in [5.74, 6) is -0.485. The van der Waals surface area contributed by atoms with E-state index in [0.29, 0.717) is 11.3 Å². The fraction of sp³-hybridized carbons (Fsp3) is 0.0588. The van der Waals surface area contributed by atoms with Crippen LogP contribution in [0.5, 0.6) is 0 Å². The summed E-state index contributed by atoms with van der Waals surface area (Å²) >= 11 is 0. The number of nitrogens with zero attached hydrogens (tertiary/aromatic N) is 3. The Bertz CT molecular complexity index is 1040. The largest absolute Gasteiger partial charge is 0.303 e. The predicted octanol–water partition coefficient (Wildman–Crippen LogP) is 2.36. The Hall–Kier alpha value is -3.02. The highest BCUT2D eigenvalue weighted by Crippen LogP contribution is 2.16. The molecule has 3 rings (SSSR count). The molecular weight excluding hydrogens is 343 g/mol. The maximum Gasteiger partial charge on any atom is 0.240 e. The number of imidazole rings is 1. The van der Waals surface area contributed by atoms with Gasteiger partial charge in [0, 0.05) is 18.9 Å². The molecule has 8 heteroatoms. The summed E-state index contributed by atoms with van der Waals surface area (Å²) in [5, 5.41) is 8.86. The lowest BCUT2D eigenvalue weighted by Gasteiger charge is -2.09. The first-order chi connectivity index (χ1) is 12.0. The van der Waals surface area contributed by atoms with E-state index in [9.17, 15) is 12.8 Å². The molecule has 0 aliphatic rings. The maximum absolute atomic E-state index is 14.2. The molecular formula is C17H13FN4O2S. The third-order valence-electron chi connectivity index (χ3n) is 3.53. The van der Waals surface area contributed by atoms with Crippen LogP contribution >= 0.6 is 0 Å². The first-order valence-electron chi connectivity index (χ1n) is 7.26. The van der Waals surface area contributed by atoms with Gasteiger partial charge >= 0.3 is 0 Å². The van der Waals surface area contributed by atoms with E-state index in [2.05, 4.69) is 9.71 Å². The fourth-order valence-electron chi connectivity index (χ4n) is 2.27. The van der Waals surface area contributed by atoms with Crippen molar-refractivity contribution in [3.05, 3.63) is 78.1 Å². The van der Waals surface area contributed by atoms with Crippen LogP contribution in [0.15, 0.2) is 66.1 Å². The van der Waals surface area contributed by atoms with Gasteiger partial charge < -0.3 is 4.57 Å². The Morgan fingerprint density at radius 1 is 1.24 bits per heavy atom. The van der Waals surface area contributed by atoms with Crippen LogP contribution in [0.3, 0.4) is 0 Å². The van der Waals surface area contributed by atoms with Gasteiger partial charge in [-0.05, 0) is 35.9 Å². The van der Waals surface area contributed by atoms with Crippen LogP contribution in [0.1, 0.15) is 11.1 Å². The van der Waals surface area contributed by atoms with Crippen molar-refractivity contribution < 1.29 is 12.8 Å². The Balaban J connectivity index is 1.77. The summed E-state index contributed by atoms with van der Waals surface area (Å²) in [6.45, 7) is -0.0692. The van der Waals surface area contributed by atoms with Crippen molar-refractivity contribution in [1.82, 2.24) is 14.3 Å². The summed E-state index contributed by atoms with van der Waals surface area (Å²) < 4.78 is 42.7. The maximum atomic E-state index is 14.2. The summed E-state index contributed by atoms with van der Waals surface area (Å²) in [5.41, 5.74) is 1.05. The Morgan fingerprint density at radius 3 is 2.76 bits per heavy atom. The first kappa shape index (κ1) is 16.8. The van der Waals surface area contributed by atoms with Crippen molar-refractivity contribution in [3.63, 3.8) is 0 Å². The molecule has 0 atom stereocenters. The number of rotatable bonds is 5. The molecule has 25 heavy (non-hydrogen) atoms. The van der Waals surface area contributed by atoms with Gasteiger partial charge in [0.25, 0.3) is 0 Å². The van der Waals surface area contributed by atoms with Crippen LogP contribution in [0.4, 0.5) is 4.39 Å². The molecule has 0 aliphatic heterocycles. The zero-order valence-electron chi connectivity index (χ0n) is 12.9. The van der Waals surface area contributed by atoms with Gasteiger partial charge in [0.15, 0.2) is 0 Å². The van der Waals surface area contributed by atoms with E-state index in [0.717, 1.165) is 0 Å². The van der Waals surface area contributed by atoms with E-state index in [-0.39, 0.29) is 17.0 Å². The Labute approximate surface area is 144 Å². The molecule has 6 nitrogen and oxygen atoms in total. The summed E-state index contributed by atoms with van der Waals surface area (Å²) in [4.78, 5) is 3.85. The number of benzene rings is 2. The van der Waals surface area contributed by atoms with Crippen LogP contribution in [0.25, 0.3) is 5.69 Å². The number of aromatic nitrogens is 2. The van der Waals surface area contributed by atoms with E-state index in [1.54, 1.807) is 18.3 Å². The van der Waals surface area contributed by atoms with Gasteiger partial charge in [-0.1, -0.05) is 12.1 Å². The van der Waals surface area contributed by atoms with Gasteiger partial charge in [-0.15, -0.1) is 0 Å². The molecule has 0 unspecified atom stereocenters. The zero-order valence-corrected chi connectivity index (χ0v) is 13.7. The third kappa shape index (κ3) is 3.74. The molecule has 0 spiro atoms. The van der Waals surface area contributed by atoms with Crippen molar-refractivity contribution in [1.29, 1.82) is 5.26 Å². The molecule has 1 heterocycles. The van der Waals surface area contributed by atoms with Crippen molar-refractivity contribution >= 4 is 10.0 Å². The lowest BCUT2D eigenvalue weighted by molar-refractivity contribution is 0.580. The number of hydrogen-bond acceptors (Lipinski definition) is 4. The monoisotopic (exact) mass is 356 g/mol. The van der Waals surface area contributed by atoms with Crippen LogP contribution in [0, 0.1) is 17.1 Å². The third-order valence-corrected chi connectivity index (χ3v) is 4.93. The molecule has 0 aliphatic carbocycles. The topological polar surface area (TPSA) is 87.8 Å². The molecule has 0 bridgehead atoms. The molecule has 1 aromatic heterocycles. The number of sulfonamides is 1.